The zero-order valence-corrected chi connectivity index (χ0v) is 10.1. The van der Waals surface area contributed by atoms with Crippen molar-refractivity contribution in [3.63, 3.8) is 0 Å². The standard InChI is InChI=1S/C14H21NO/c1-2-13(16)14(9-5-3-6-10-14)15-11-7-4-8-12-15/h3,5-6,9H,2,4,7-8,10-12H2,1H3. The Morgan fingerprint density at radius 3 is 2.56 bits per heavy atom. The van der Waals surface area contributed by atoms with Gasteiger partial charge in [0.2, 0.25) is 0 Å². The first-order valence-corrected chi connectivity index (χ1v) is 6.42. The van der Waals surface area contributed by atoms with Crippen LogP contribution in [-0.4, -0.2) is 29.3 Å². The molecule has 88 valence electrons. The van der Waals surface area contributed by atoms with Crippen molar-refractivity contribution in [2.45, 2.75) is 44.6 Å². The SMILES string of the molecule is CCC(=O)C1(N2CCCCC2)C=CC=CC1. The second kappa shape index (κ2) is 4.96. The van der Waals surface area contributed by atoms with Crippen LogP contribution in [0.4, 0.5) is 0 Å². The quantitative estimate of drug-likeness (QED) is 0.727. The zero-order chi connectivity index (χ0) is 11.4. The number of carbonyl (C=O) groups is 1. The van der Waals surface area contributed by atoms with Gasteiger partial charge in [-0.1, -0.05) is 37.6 Å². The first-order chi connectivity index (χ1) is 7.79. The number of hydrogen-bond donors (Lipinski definition) is 0. The molecule has 1 saturated heterocycles. The van der Waals surface area contributed by atoms with Gasteiger partial charge in [0.15, 0.2) is 5.78 Å². The van der Waals surface area contributed by atoms with Gasteiger partial charge in [0.1, 0.15) is 5.54 Å². The summed E-state index contributed by atoms with van der Waals surface area (Å²) in [6.07, 6.45) is 13.6. The van der Waals surface area contributed by atoms with Crippen LogP contribution in [0.3, 0.4) is 0 Å². The van der Waals surface area contributed by atoms with E-state index in [1.807, 2.05) is 19.1 Å². The molecule has 2 rings (SSSR count). The molecule has 16 heavy (non-hydrogen) atoms. The molecule has 0 aromatic rings. The van der Waals surface area contributed by atoms with Crippen molar-refractivity contribution < 1.29 is 4.79 Å². The number of rotatable bonds is 3. The molecular formula is C14H21NO. The Balaban J connectivity index is 2.22. The number of nitrogens with zero attached hydrogens (tertiary/aromatic N) is 1. The van der Waals surface area contributed by atoms with Gasteiger partial charge in [-0.05, 0) is 32.4 Å². The number of carbonyl (C=O) groups excluding carboxylic acids is 1. The molecule has 0 spiro atoms. The van der Waals surface area contributed by atoms with Crippen molar-refractivity contribution in [3.05, 3.63) is 24.3 Å². The molecule has 2 aliphatic rings. The fourth-order valence-electron chi connectivity index (χ4n) is 2.83. The van der Waals surface area contributed by atoms with Crippen molar-refractivity contribution in [2.24, 2.45) is 0 Å². The van der Waals surface area contributed by atoms with E-state index in [4.69, 9.17) is 0 Å². The van der Waals surface area contributed by atoms with Crippen LogP contribution in [0, 0.1) is 0 Å². The summed E-state index contributed by atoms with van der Waals surface area (Å²) in [6.45, 7) is 4.12. The lowest BCUT2D eigenvalue weighted by molar-refractivity contribution is -0.128. The monoisotopic (exact) mass is 219 g/mol. The lowest BCUT2D eigenvalue weighted by Gasteiger charge is -2.43. The van der Waals surface area contributed by atoms with E-state index in [0.717, 1.165) is 19.5 Å². The number of hydrogen-bond acceptors (Lipinski definition) is 2. The maximum atomic E-state index is 12.3. The average Bonchev–Trinajstić information content (AvgIpc) is 2.39. The lowest BCUT2D eigenvalue weighted by Crippen LogP contribution is -2.55. The highest BCUT2D eigenvalue weighted by Crippen LogP contribution is 2.30. The van der Waals surface area contributed by atoms with Crippen LogP contribution in [0.5, 0.6) is 0 Å². The van der Waals surface area contributed by atoms with E-state index in [9.17, 15) is 4.79 Å². The first kappa shape index (κ1) is 11.6. The third-order valence-corrected chi connectivity index (χ3v) is 3.77. The Kier molecular flexibility index (Phi) is 3.59. The summed E-state index contributed by atoms with van der Waals surface area (Å²) in [6, 6.07) is 0. The van der Waals surface area contributed by atoms with Crippen LogP contribution in [0.1, 0.15) is 39.0 Å². The Hall–Kier alpha value is -0.890. The van der Waals surface area contributed by atoms with E-state index >= 15 is 0 Å². The molecule has 2 nitrogen and oxygen atoms in total. The summed E-state index contributed by atoms with van der Waals surface area (Å²) >= 11 is 0. The van der Waals surface area contributed by atoms with Crippen LogP contribution >= 0.6 is 0 Å². The van der Waals surface area contributed by atoms with Gasteiger partial charge < -0.3 is 0 Å². The van der Waals surface area contributed by atoms with Crippen LogP contribution in [0.15, 0.2) is 24.3 Å². The minimum absolute atomic E-state index is 0.316. The van der Waals surface area contributed by atoms with Gasteiger partial charge in [0.05, 0.1) is 0 Å². The summed E-state index contributed by atoms with van der Waals surface area (Å²) in [4.78, 5) is 14.7. The molecular weight excluding hydrogens is 198 g/mol. The minimum atomic E-state index is -0.316. The molecule has 0 amide bonds. The second-order valence-electron chi connectivity index (χ2n) is 4.74. The Bertz CT molecular complexity index is 313. The predicted octanol–water partition coefficient (Wildman–Crippen LogP) is 2.71. The van der Waals surface area contributed by atoms with E-state index < -0.39 is 0 Å². The van der Waals surface area contributed by atoms with Crippen molar-refractivity contribution in [2.75, 3.05) is 13.1 Å². The third-order valence-electron chi connectivity index (χ3n) is 3.77. The van der Waals surface area contributed by atoms with E-state index in [1.54, 1.807) is 0 Å². The molecule has 0 aromatic heterocycles. The molecule has 1 aliphatic heterocycles. The Morgan fingerprint density at radius 2 is 2.00 bits per heavy atom. The third kappa shape index (κ3) is 1.99. The van der Waals surface area contributed by atoms with Crippen LogP contribution in [-0.2, 0) is 4.79 Å². The molecule has 1 unspecified atom stereocenters. The predicted molar refractivity (Wildman–Crippen MR) is 66.4 cm³/mol. The molecule has 1 aliphatic carbocycles. The number of allylic oxidation sites excluding steroid dienone is 2. The van der Waals surface area contributed by atoms with Gasteiger partial charge in [-0.2, -0.15) is 0 Å². The average molecular weight is 219 g/mol. The van der Waals surface area contributed by atoms with E-state index in [2.05, 4.69) is 17.1 Å². The van der Waals surface area contributed by atoms with Crippen LogP contribution in [0.25, 0.3) is 0 Å². The van der Waals surface area contributed by atoms with Crippen molar-refractivity contribution in [1.82, 2.24) is 4.90 Å². The normalized spacial score (nSPS) is 30.6. The molecule has 0 N–H and O–H groups in total. The molecule has 1 atom stereocenters. The number of ketones is 1. The van der Waals surface area contributed by atoms with Crippen molar-refractivity contribution in [1.29, 1.82) is 0 Å². The highest BCUT2D eigenvalue weighted by Gasteiger charge is 2.40. The highest BCUT2D eigenvalue weighted by molar-refractivity contribution is 5.91. The highest BCUT2D eigenvalue weighted by atomic mass is 16.1. The van der Waals surface area contributed by atoms with Gasteiger partial charge >= 0.3 is 0 Å². The summed E-state index contributed by atoms with van der Waals surface area (Å²) < 4.78 is 0. The van der Waals surface area contributed by atoms with Gasteiger partial charge in [0.25, 0.3) is 0 Å². The Morgan fingerprint density at radius 1 is 1.25 bits per heavy atom. The Labute approximate surface area is 98.0 Å². The molecule has 0 aromatic carbocycles. The number of Topliss-reactive ketones (excluding diaryl/α,β-unsaturated/α-hetero) is 1. The molecule has 2 heteroatoms. The van der Waals surface area contributed by atoms with Crippen LogP contribution in [0.2, 0.25) is 0 Å². The maximum absolute atomic E-state index is 12.3. The van der Waals surface area contributed by atoms with Gasteiger partial charge in [-0.15, -0.1) is 0 Å². The topological polar surface area (TPSA) is 20.3 Å². The van der Waals surface area contributed by atoms with E-state index in [0.29, 0.717) is 12.2 Å². The number of likely N-dealkylation sites (tertiary alicyclic amines) is 1. The largest absolute Gasteiger partial charge is 0.297 e. The number of piperidine rings is 1. The zero-order valence-electron chi connectivity index (χ0n) is 10.1. The summed E-state index contributed by atoms with van der Waals surface area (Å²) in [5, 5.41) is 0. The maximum Gasteiger partial charge on any atom is 0.157 e. The van der Waals surface area contributed by atoms with Gasteiger partial charge in [0, 0.05) is 6.42 Å². The van der Waals surface area contributed by atoms with Crippen molar-refractivity contribution in [3.8, 4) is 0 Å². The summed E-state index contributed by atoms with van der Waals surface area (Å²) in [5.74, 6) is 0.370. The van der Waals surface area contributed by atoms with Gasteiger partial charge in [-0.3, -0.25) is 9.69 Å². The smallest absolute Gasteiger partial charge is 0.157 e. The molecule has 0 saturated carbocycles. The molecule has 1 heterocycles. The fraction of sp³-hybridized carbons (Fsp3) is 0.643. The minimum Gasteiger partial charge on any atom is -0.297 e. The van der Waals surface area contributed by atoms with E-state index in [-0.39, 0.29) is 5.54 Å². The molecule has 0 bridgehead atoms. The molecule has 1 fully saturated rings. The molecule has 0 radical (unpaired) electrons. The summed E-state index contributed by atoms with van der Waals surface area (Å²) in [7, 11) is 0. The van der Waals surface area contributed by atoms with Crippen LogP contribution < -0.4 is 0 Å². The first-order valence-electron chi connectivity index (χ1n) is 6.42. The lowest BCUT2D eigenvalue weighted by atomic mass is 9.82. The van der Waals surface area contributed by atoms with E-state index in [1.165, 1.54) is 19.3 Å². The fourth-order valence-corrected chi connectivity index (χ4v) is 2.83. The van der Waals surface area contributed by atoms with Crippen molar-refractivity contribution >= 4 is 5.78 Å². The second-order valence-corrected chi connectivity index (χ2v) is 4.74. The van der Waals surface area contributed by atoms with Gasteiger partial charge in [-0.25, -0.2) is 0 Å². The summed E-state index contributed by atoms with van der Waals surface area (Å²) in [5.41, 5.74) is -0.316.